The van der Waals surface area contributed by atoms with E-state index in [9.17, 15) is 0 Å². The number of rotatable bonds is 0. The Kier molecular flexibility index (Phi) is 47.9. The molecule has 0 spiro atoms. The van der Waals surface area contributed by atoms with Crippen molar-refractivity contribution in [2.24, 2.45) is 0 Å². The van der Waals surface area contributed by atoms with Gasteiger partial charge >= 0.3 is 50.9 Å². The molecule has 4 heavy (non-hydrogen) atoms. The summed E-state index contributed by atoms with van der Waals surface area (Å²) in [5.74, 6) is 0. The van der Waals surface area contributed by atoms with Crippen LogP contribution in [0.5, 0.6) is 0 Å². The van der Waals surface area contributed by atoms with Gasteiger partial charge in [-0.25, -0.2) is 0 Å². The molecule has 0 aromatic rings. The summed E-state index contributed by atoms with van der Waals surface area (Å²) in [5, 5.41) is 0. The van der Waals surface area contributed by atoms with Crippen LogP contribution in [-0.4, -0.2) is 17.4 Å². The van der Waals surface area contributed by atoms with Gasteiger partial charge in [0, 0.05) is 0 Å². The fraction of sp³-hybridized carbons (Fsp3) is 0. The average Bonchev–Trinajstić information content (AvgIpc) is 1.50. The molecule has 0 fully saturated rings. The van der Waals surface area contributed by atoms with Gasteiger partial charge in [0.2, 0.25) is 0 Å². The Bertz CT molecular complexity index is 19.2. The van der Waals surface area contributed by atoms with Crippen molar-refractivity contribution < 1.29 is 16.6 Å². The van der Waals surface area contributed by atoms with E-state index in [0.29, 0.717) is 0 Å². The first-order chi connectivity index (χ1) is 2.00. The Morgan fingerprint density at radius 1 is 1.50 bits per heavy atom. The van der Waals surface area contributed by atoms with Crippen LogP contribution in [0.1, 0.15) is 0 Å². The van der Waals surface area contributed by atoms with Gasteiger partial charge in [0.1, 0.15) is 0 Å². The van der Waals surface area contributed by atoms with E-state index in [0.717, 1.165) is 16.6 Å². The summed E-state index contributed by atoms with van der Waals surface area (Å²) in [6.07, 6.45) is 0. The van der Waals surface area contributed by atoms with Crippen LogP contribution in [0.2, 0.25) is 0 Å². The first-order valence-electron chi connectivity index (χ1n) is 0.547. The molecule has 0 radical (unpaired) electrons. The molecule has 0 aliphatic heterocycles. The van der Waals surface area contributed by atoms with E-state index in [2.05, 4.69) is 17.0 Å². The quantitative estimate of drug-likeness (QED) is 0.415. The first-order valence-corrected chi connectivity index (χ1v) is 8.52. The molecule has 4 heteroatoms. The summed E-state index contributed by atoms with van der Waals surface area (Å²) in [7, 11) is 4.21. The second kappa shape index (κ2) is 20.6. The van der Waals surface area contributed by atoms with Gasteiger partial charge in [0.05, 0.1) is 0 Å². The Balaban J connectivity index is 0. The van der Waals surface area contributed by atoms with Crippen LogP contribution < -0.4 is 0 Å². The number of hydrogen-bond acceptors (Lipinski definition) is 1. The van der Waals surface area contributed by atoms with Crippen LogP contribution in [0.25, 0.3) is 0 Å². The second-order valence-corrected chi connectivity index (χ2v) is 0. The zero-order chi connectivity index (χ0) is 4.00. The third-order valence-electron chi connectivity index (χ3n) is 0. The summed E-state index contributed by atoms with van der Waals surface area (Å²) in [6.45, 7) is 3.59. The molecule has 0 N–H and O–H groups in total. The summed E-state index contributed by atoms with van der Waals surface area (Å²) in [5.41, 5.74) is 0. The van der Waals surface area contributed by atoms with Crippen LogP contribution in [0.4, 0.5) is 0 Å². The van der Waals surface area contributed by atoms with Gasteiger partial charge in [-0.1, -0.05) is 0 Å². The van der Waals surface area contributed by atoms with Crippen molar-refractivity contribution in [3.8, 4) is 0 Å². The van der Waals surface area contributed by atoms with Gasteiger partial charge in [0.15, 0.2) is 0 Å². The Labute approximate surface area is 50.6 Å². The molecule has 0 amide bonds. The Morgan fingerprint density at radius 2 is 1.50 bits per heavy atom. The minimum atomic E-state index is 0.958. The van der Waals surface area contributed by atoms with Gasteiger partial charge in [-0.15, -0.1) is 0 Å². The molecule has 16 valence electrons. The first kappa shape index (κ1) is 9.32. The van der Waals surface area contributed by atoms with Crippen LogP contribution >= 0.6 is 17.0 Å². The molecule has 0 unspecified atom stereocenters. The van der Waals surface area contributed by atoms with Crippen LogP contribution in [0, 0.1) is 0 Å². The fourth-order valence-electron chi connectivity index (χ4n) is 0. The third-order valence-corrected chi connectivity index (χ3v) is 0. The molecule has 0 saturated heterocycles. The normalized spacial score (nSPS) is 2.75. The second-order valence-electron chi connectivity index (χ2n) is 0. The Hall–Kier alpha value is 1.91. The van der Waals surface area contributed by atoms with E-state index in [1.807, 2.05) is 0 Å². The van der Waals surface area contributed by atoms with Gasteiger partial charge < -0.3 is 0 Å². The molecule has 0 nitrogen and oxygen atoms in total. The van der Waals surface area contributed by atoms with Crippen molar-refractivity contribution >= 4 is 34.4 Å². The molecule has 0 saturated carbocycles. The van der Waals surface area contributed by atoms with E-state index < -0.39 is 0 Å². The van der Waals surface area contributed by atoms with Crippen molar-refractivity contribution in [1.29, 1.82) is 0 Å². The molecule has 0 bridgehead atoms. The molecule has 0 aliphatic carbocycles. The van der Waals surface area contributed by atoms with Crippen molar-refractivity contribution in [2.75, 3.05) is 0 Å². The van der Waals surface area contributed by atoms with Crippen molar-refractivity contribution in [2.45, 2.75) is 0 Å². The molecule has 0 atom stereocenters. The van der Waals surface area contributed by atoms with Crippen molar-refractivity contribution in [3.05, 3.63) is 0 Å². The zero-order valence-corrected chi connectivity index (χ0v) is 9.24. The summed E-state index contributed by atoms with van der Waals surface area (Å²) < 4.78 is 0. The number of hydrogen-bond donors (Lipinski definition) is 0. The van der Waals surface area contributed by atoms with Gasteiger partial charge in [-0.05, 0) is 0 Å². The van der Waals surface area contributed by atoms with Crippen molar-refractivity contribution in [1.82, 2.24) is 0 Å². The molecule has 0 aromatic heterocycles. The maximum absolute atomic E-state index is 4.21. The predicted octanol–water partition coefficient (Wildman–Crippen LogP) is 1.13. The monoisotopic (exact) mass is 196 g/mol. The third kappa shape index (κ3) is 9.08. The van der Waals surface area contributed by atoms with Crippen LogP contribution in [0.3, 0.4) is 0 Å². The van der Waals surface area contributed by atoms with E-state index in [1.165, 1.54) is 17.4 Å². The zero-order valence-electron chi connectivity index (χ0n) is 2.14. The summed E-state index contributed by atoms with van der Waals surface area (Å²) in [6, 6.07) is 0. The summed E-state index contributed by atoms with van der Waals surface area (Å²) in [4.78, 5) is 0. The van der Waals surface area contributed by atoms with Gasteiger partial charge in [-0.3, -0.25) is 0 Å². The van der Waals surface area contributed by atoms with E-state index in [-0.39, 0.29) is 0 Å². The molecule has 0 heterocycles. The fourth-order valence-corrected chi connectivity index (χ4v) is 0. The van der Waals surface area contributed by atoms with E-state index >= 15 is 0 Å². The minimum absolute atomic E-state index is 0.958. The van der Waals surface area contributed by atoms with E-state index in [1.54, 1.807) is 0 Å². The molecule has 0 aliphatic rings. The topological polar surface area (TPSA) is 0 Å². The summed E-state index contributed by atoms with van der Waals surface area (Å²) >= 11 is 2.34. The molecular weight excluding hydrogens is 198 g/mol. The molecular formula is GaPSZn. The molecule has 0 aromatic carbocycles. The van der Waals surface area contributed by atoms with Crippen LogP contribution in [-0.2, 0) is 16.6 Å². The standard InChI is InChI=1S/Ga.P.S.Zn. The average molecular weight is 198 g/mol. The van der Waals surface area contributed by atoms with Crippen LogP contribution in [0.15, 0.2) is 0 Å². The predicted molar refractivity (Wildman–Crippen MR) is 20.3 cm³/mol. The SMILES string of the molecule is [P]#[Ga].[S]=[Zn]. The van der Waals surface area contributed by atoms with Gasteiger partial charge in [0.25, 0.3) is 0 Å². The van der Waals surface area contributed by atoms with E-state index in [4.69, 9.17) is 0 Å². The van der Waals surface area contributed by atoms with Gasteiger partial charge in [-0.2, -0.15) is 0 Å². The molecule has 0 rings (SSSR count). The Morgan fingerprint density at radius 3 is 1.50 bits per heavy atom. The van der Waals surface area contributed by atoms with Crippen molar-refractivity contribution in [3.63, 3.8) is 0 Å². The maximum atomic E-state index is 4.21.